The number of ether oxygens (including phenoxy) is 1. The van der Waals surface area contributed by atoms with Crippen molar-refractivity contribution in [2.24, 2.45) is 0 Å². The number of halogens is 1. The van der Waals surface area contributed by atoms with E-state index in [2.05, 4.69) is 10.6 Å². The molecule has 6 heteroatoms. The fourth-order valence-electron chi connectivity index (χ4n) is 3.58. The average Bonchev–Trinajstić information content (AvgIpc) is 3.22. The van der Waals surface area contributed by atoms with E-state index in [9.17, 15) is 9.18 Å². The van der Waals surface area contributed by atoms with E-state index in [0.29, 0.717) is 18.7 Å². The highest BCUT2D eigenvalue weighted by Crippen LogP contribution is 2.33. The Balaban J connectivity index is 1.66. The minimum atomic E-state index is -0.283. The van der Waals surface area contributed by atoms with Crippen LogP contribution in [0.3, 0.4) is 0 Å². The summed E-state index contributed by atoms with van der Waals surface area (Å²) in [5.74, 6) is 0.468. The van der Waals surface area contributed by atoms with E-state index in [0.717, 1.165) is 49.5 Å². The van der Waals surface area contributed by atoms with Crippen molar-refractivity contribution in [1.29, 1.82) is 0 Å². The number of hydrogen-bond donors (Lipinski definition) is 2. The highest BCUT2D eigenvalue weighted by atomic mass is 19.1. The molecule has 0 saturated carbocycles. The van der Waals surface area contributed by atoms with Crippen LogP contribution in [0.25, 0.3) is 11.1 Å². The molecule has 2 aromatic rings. The summed E-state index contributed by atoms with van der Waals surface area (Å²) in [7, 11) is 0. The number of amides is 1. The minimum absolute atomic E-state index is 0.0222. The maximum absolute atomic E-state index is 13.4. The molecule has 2 N–H and O–H groups in total. The summed E-state index contributed by atoms with van der Waals surface area (Å²) in [5, 5.41) is 6.55. The molecule has 0 aliphatic carbocycles. The average molecular weight is 369 g/mol. The second-order valence-electron chi connectivity index (χ2n) is 6.99. The fraction of sp³-hybridized carbons (Fsp3) is 0.381. The largest absolute Gasteiger partial charge is 0.488 e. The summed E-state index contributed by atoms with van der Waals surface area (Å²) < 4.78 is 19.6. The topological polar surface area (TPSA) is 53.6 Å². The predicted octanol–water partition coefficient (Wildman–Crippen LogP) is 2.28. The van der Waals surface area contributed by atoms with E-state index in [1.54, 1.807) is 12.1 Å². The lowest BCUT2D eigenvalue weighted by Gasteiger charge is -2.28. The number of piperazine rings is 1. The maximum atomic E-state index is 13.4. The lowest BCUT2D eigenvalue weighted by Crippen LogP contribution is -2.46. The van der Waals surface area contributed by atoms with Crippen LogP contribution in [0.1, 0.15) is 16.8 Å². The molecule has 0 bridgehead atoms. The summed E-state index contributed by atoms with van der Waals surface area (Å²) in [6, 6.07) is 11.9. The molecule has 5 nitrogen and oxygen atoms in total. The molecule has 2 fully saturated rings. The number of carbonyl (C=O) groups excluding carboxylic acids is 1. The molecule has 0 unspecified atom stereocenters. The van der Waals surface area contributed by atoms with Gasteiger partial charge in [-0.3, -0.25) is 4.79 Å². The first-order valence-corrected chi connectivity index (χ1v) is 9.48. The third-order valence-electron chi connectivity index (χ3n) is 5.09. The number of carbonyl (C=O) groups is 1. The molecule has 2 aromatic carbocycles. The van der Waals surface area contributed by atoms with Crippen LogP contribution in [-0.2, 0) is 0 Å². The first-order chi connectivity index (χ1) is 13.2. The van der Waals surface area contributed by atoms with Crippen molar-refractivity contribution in [1.82, 2.24) is 15.5 Å². The molecule has 2 aliphatic rings. The van der Waals surface area contributed by atoms with Gasteiger partial charge in [-0.2, -0.15) is 0 Å². The maximum Gasteiger partial charge on any atom is 0.253 e. The van der Waals surface area contributed by atoms with Crippen LogP contribution < -0.4 is 15.4 Å². The Labute approximate surface area is 158 Å². The fourth-order valence-corrected chi connectivity index (χ4v) is 3.58. The highest BCUT2D eigenvalue weighted by molar-refractivity contribution is 5.96. The minimum Gasteiger partial charge on any atom is -0.488 e. The lowest BCUT2D eigenvalue weighted by atomic mass is 10.0. The molecule has 1 amide bonds. The van der Waals surface area contributed by atoms with Crippen molar-refractivity contribution in [3.63, 3.8) is 0 Å². The Hall–Kier alpha value is -2.44. The lowest BCUT2D eigenvalue weighted by molar-refractivity contribution is 0.0736. The van der Waals surface area contributed by atoms with Crippen LogP contribution in [0.15, 0.2) is 42.5 Å². The van der Waals surface area contributed by atoms with Gasteiger partial charge in [-0.1, -0.05) is 12.1 Å². The quantitative estimate of drug-likeness (QED) is 0.868. The Morgan fingerprint density at radius 2 is 1.81 bits per heavy atom. The first kappa shape index (κ1) is 17.9. The molecule has 0 spiro atoms. The van der Waals surface area contributed by atoms with Gasteiger partial charge in [0.15, 0.2) is 0 Å². The second-order valence-corrected chi connectivity index (χ2v) is 6.99. The van der Waals surface area contributed by atoms with E-state index in [1.165, 1.54) is 12.1 Å². The van der Waals surface area contributed by atoms with Crippen molar-refractivity contribution < 1.29 is 13.9 Å². The number of rotatable bonds is 4. The van der Waals surface area contributed by atoms with Crippen LogP contribution in [-0.4, -0.2) is 56.2 Å². The normalized spacial score (nSPS) is 19.9. The van der Waals surface area contributed by atoms with Crippen LogP contribution in [0, 0.1) is 5.82 Å². The van der Waals surface area contributed by atoms with Crippen LogP contribution >= 0.6 is 0 Å². The van der Waals surface area contributed by atoms with Gasteiger partial charge in [0.05, 0.1) is 0 Å². The van der Waals surface area contributed by atoms with Gasteiger partial charge in [0, 0.05) is 43.9 Å². The van der Waals surface area contributed by atoms with E-state index >= 15 is 0 Å². The summed E-state index contributed by atoms with van der Waals surface area (Å²) in [6.45, 7) is 4.78. The third-order valence-corrected chi connectivity index (χ3v) is 5.09. The summed E-state index contributed by atoms with van der Waals surface area (Å²) >= 11 is 0. The molecule has 0 aromatic heterocycles. The van der Waals surface area contributed by atoms with Gasteiger partial charge in [0.2, 0.25) is 0 Å². The van der Waals surface area contributed by atoms with Crippen molar-refractivity contribution in [3.05, 3.63) is 53.8 Å². The van der Waals surface area contributed by atoms with Gasteiger partial charge in [0.1, 0.15) is 17.7 Å². The molecule has 4 rings (SSSR count). The molecule has 1 atom stereocenters. The van der Waals surface area contributed by atoms with Gasteiger partial charge >= 0.3 is 0 Å². The van der Waals surface area contributed by atoms with Gasteiger partial charge in [-0.05, 0) is 48.9 Å². The molecule has 0 radical (unpaired) electrons. The molecular formula is C21H24FN3O2. The smallest absolute Gasteiger partial charge is 0.253 e. The van der Waals surface area contributed by atoms with E-state index in [4.69, 9.17) is 4.74 Å². The van der Waals surface area contributed by atoms with Gasteiger partial charge < -0.3 is 20.3 Å². The van der Waals surface area contributed by atoms with Gasteiger partial charge in [-0.25, -0.2) is 4.39 Å². The monoisotopic (exact) mass is 369 g/mol. The van der Waals surface area contributed by atoms with E-state index in [1.807, 2.05) is 23.1 Å². The number of hydrogen-bond acceptors (Lipinski definition) is 4. The number of benzene rings is 2. The molecule has 2 saturated heterocycles. The van der Waals surface area contributed by atoms with E-state index in [-0.39, 0.29) is 17.8 Å². The molecule has 2 heterocycles. The SMILES string of the molecule is O=C(c1ccc(O[C@H]2CCNC2)c(-c2ccc(F)cc2)c1)N1CCNCC1. The van der Waals surface area contributed by atoms with Crippen molar-refractivity contribution in [2.75, 3.05) is 39.3 Å². The zero-order chi connectivity index (χ0) is 18.6. The van der Waals surface area contributed by atoms with Gasteiger partial charge in [0.25, 0.3) is 5.91 Å². The van der Waals surface area contributed by atoms with Crippen LogP contribution in [0.5, 0.6) is 5.75 Å². The van der Waals surface area contributed by atoms with Crippen molar-refractivity contribution in [2.45, 2.75) is 12.5 Å². The summed E-state index contributed by atoms with van der Waals surface area (Å²) in [4.78, 5) is 14.7. The zero-order valence-corrected chi connectivity index (χ0v) is 15.2. The molecule has 27 heavy (non-hydrogen) atoms. The third kappa shape index (κ3) is 4.12. The molecular weight excluding hydrogens is 345 g/mol. The predicted molar refractivity (Wildman–Crippen MR) is 103 cm³/mol. The summed E-state index contributed by atoms with van der Waals surface area (Å²) in [6.07, 6.45) is 1.06. The Morgan fingerprint density at radius 1 is 1.04 bits per heavy atom. The number of nitrogens with zero attached hydrogens (tertiary/aromatic N) is 1. The van der Waals surface area contributed by atoms with Crippen LogP contribution in [0.2, 0.25) is 0 Å². The van der Waals surface area contributed by atoms with Gasteiger partial charge in [-0.15, -0.1) is 0 Å². The highest BCUT2D eigenvalue weighted by Gasteiger charge is 2.22. The van der Waals surface area contributed by atoms with Crippen LogP contribution in [0.4, 0.5) is 4.39 Å². The standard InChI is InChI=1S/C21H24FN3O2/c22-17-4-1-15(2-5-17)19-13-16(21(26)25-11-9-23-10-12-25)3-6-20(19)27-18-7-8-24-14-18/h1-6,13,18,23-24H,7-12,14H2/t18-/m0/s1. The Kier molecular flexibility index (Phi) is 5.36. The summed E-state index contributed by atoms with van der Waals surface area (Å²) in [5.41, 5.74) is 2.29. The van der Waals surface area contributed by atoms with Crippen molar-refractivity contribution >= 4 is 5.91 Å². The molecule has 142 valence electrons. The Morgan fingerprint density at radius 3 is 2.52 bits per heavy atom. The second kappa shape index (κ2) is 8.06. The van der Waals surface area contributed by atoms with E-state index < -0.39 is 0 Å². The number of nitrogens with one attached hydrogen (secondary N) is 2. The first-order valence-electron chi connectivity index (χ1n) is 9.48. The molecule has 2 aliphatic heterocycles. The van der Waals surface area contributed by atoms with Crippen molar-refractivity contribution in [3.8, 4) is 16.9 Å². The Bertz CT molecular complexity index is 798. The zero-order valence-electron chi connectivity index (χ0n) is 15.2.